The van der Waals surface area contributed by atoms with Crippen molar-refractivity contribution < 1.29 is 17.4 Å². The van der Waals surface area contributed by atoms with Crippen LogP contribution in [0.3, 0.4) is 0 Å². The number of hydrogen-bond acceptors (Lipinski definition) is 5. The Morgan fingerprint density at radius 1 is 1.09 bits per heavy atom. The van der Waals surface area contributed by atoms with Crippen molar-refractivity contribution in [1.82, 2.24) is 0 Å². The second kappa shape index (κ2) is 10.5. The van der Waals surface area contributed by atoms with Gasteiger partial charge in [0, 0.05) is 10.7 Å². The maximum absolute atomic E-state index is 12.6. The van der Waals surface area contributed by atoms with Crippen molar-refractivity contribution in [2.75, 3.05) is 5.32 Å². The standard InChI is InChI=1S/C23H15Br2ClN2O4S/c1-14-3-2-4-18(9-14)28-23(29)16(13-27)10-15-11-20(24)22(21(25)12-15)32-33(30,31)19-7-5-17(26)6-8-19/h2-12H,1H3,(H,28,29)/b16-10+. The lowest BCUT2D eigenvalue weighted by Crippen LogP contribution is -2.13. The van der Waals surface area contributed by atoms with Crippen molar-refractivity contribution in [2.24, 2.45) is 0 Å². The molecule has 3 rings (SSSR count). The quantitative estimate of drug-likeness (QED) is 0.196. The molecule has 6 nitrogen and oxygen atoms in total. The van der Waals surface area contributed by atoms with Gasteiger partial charge in [0.1, 0.15) is 16.5 Å². The van der Waals surface area contributed by atoms with Gasteiger partial charge in [0.25, 0.3) is 5.91 Å². The van der Waals surface area contributed by atoms with Crippen LogP contribution >= 0.6 is 43.5 Å². The van der Waals surface area contributed by atoms with Crippen LogP contribution in [0.15, 0.2) is 80.1 Å². The van der Waals surface area contributed by atoms with E-state index < -0.39 is 16.0 Å². The second-order valence-corrected chi connectivity index (χ2v) is 10.5. The Morgan fingerprint density at radius 2 is 1.73 bits per heavy atom. The van der Waals surface area contributed by atoms with E-state index in [0.29, 0.717) is 25.2 Å². The summed E-state index contributed by atoms with van der Waals surface area (Å²) in [5.41, 5.74) is 1.88. The van der Waals surface area contributed by atoms with Crippen molar-refractivity contribution in [2.45, 2.75) is 11.8 Å². The topological polar surface area (TPSA) is 96.3 Å². The summed E-state index contributed by atoms with van der Waals surface area (Å²) < 4.78 is 31.1. The molecule has 3 aromatic rings. The highest BCUT2D eigenvalue weighted by atomic mass is 79.9. The molecule has 3 aromatic carbocycles. The fourth-order valence-electron chi connectivity index (χ4n) is 2.74. The Morgan fingerprint density at radius 3 is 2.30 bits per heavy atom. The zero-order valence-corrected chi connectivity index (χ0v) is 21.7. The zero-order valence-electron chi connectivity index (χ0n) is 17.0. The van der Waals surface area contributed by atoms with Crippen molar-refractivity contribution >= 4 is 71.2 Å². The molecule has 0 aromatic heterocycles. The van der Waals surface area contributed by atoms with E-state index in [0.717, 1.165) is 5.56 Å². The molecule has 1 N–H and O–H groups in total. The number of nitriles is 1. The number of amides is 1. The summed E-state index contributed by atoms with van der Waals surface area (Å²) in [5.74, 6) is -0.550. The van der Waals surface area contributed by atoms with E-state index in [1.807, 2.05) is 19.1 Å². The van der Waals surface area contributed by atoms with Crippen molar-refractivity contribution in [3.05, 3.63) is 91.3 Å². The summed E-state index contributed by atoms with van der Waals surface area (Å²) in [6, 6.07) is 17.7. The van der Waals surface area contributed by atoms with Gasteiger partial charge in [-0.1, -0.05) is 23.7 Å². The third-order valence-corrected chi connectivity index (χ3v) is 6.93. The summed E-state index contributed by atoms with van der Waals surface area (Å²) in [6.07, 6.45) is 1.39. The van der Waals surface area contributed by atoms with Crippen molar-refractivity contribution in [1.29, 1.82) is 5.26 Å². The summed E-state index contributed by atoms with van der Waals surface area (Å²) >= 11 is 12.4. The first-order chi connectivity index (χ1) is 15.6. The van der Waals surface area contributed by atoms with Gasteiger partial charge in [-0.05, 0) is 105 Å². The van der Waals surface area contributed by atoms with Crippen LogP contribution in [0.25, 0.3) is 6.08 Å². The molecule has 0 radical (unpaired) electrons. The van der Waals surface area contributed by atoms with Gasteiger partial charge >= 0.3 is 10.1 Å². The van der Waals surface area contributed by atoms with E-state index in [1.165, 1.54) is 42.5 Å². The monoisotopic (exact) mass is 608 g/mol. The Bertz CT molecular complexity index is 1380. The number of halogens is 3. The van der Waals surface area contributed by atoms with Crippen LogP contribution in [0.1, 0.15) is 11.1 Å². The second-order valence-electron chi connectivity index (χ2n) is 6.80. The number of anilines is 1. The van der Waals surface area contributed by atoms with Gasteiger partial charge in [-0.25, -0.2) is 0 Å². The number of benzene rings is 3. The number of nitrogens with zero attached hydrogens (tertiary/aromatic N) is 1. The lowest BCUT2D eigenvalue weighted by atomic mass is 10.1. The number of rotatable bonds is 6. The maximum atomic E-state index is 12.6. The highest BCUT2D eigenvalue weighted by Crippen LogP contribution is 2.37. The predicted octanol–water partition coefficient (Wildman–Crippen LogP) is 6.49. The summed E-state index contributed by atoms with van der Waals surface area (Å²) in [7, 11) is -4.12. The molecule has 0 bridgehead atoms. The maximum Gasteiger partial charge on any atom is 0.339 e. The lowest BCUT2D eigenvalue weighted by molar-refractivity contribution is -0.112. The normalized spacial score (nSPS) is 11.5. The zero-order chi connectivity index (χ0) is 24.2. The molecular formula is C23H15Br2ClN2O4S. The van der Waals surface area contributed by atoms with Gasteiger partial charge in [0.2, 0.25) is 0 Å². The Kier molecular flexibility index (Phi) is 7.97. The van der Waals surface area contributed by atoms with Crippen molar-refractivity contribution in [3.8, 4) is 11.8 Å². The fourth-order valence-corrected chi connectivity index (χ4v) is 5.43. The van der Waals surface area contributed by atoms with Gasteiger partial charge in [-0.15, -0.1) is 0 Å². The SMILES string of the molecule is Cc1cccc(NC(=O)/C(C#N)=C/c2cc(Br)c(OS(=O)(=O)c3ccc(Cl)cc3)c(Br)c2)c1. The average molecular weight is 611 g/mol. The molecular weight excluding hydrogens is 596 g/mol. The Hall–Kier alpha value is -2.64. The molecule has 0 saturated carbocycles. The first kappa shape index (κ1) is 25.0. The summed E-state index contributed by atoms with van der Waals surface area (Å²) in [4.78, 5) is 12.5. The fraction of sp³-hybridized carbons (Fsp3) is 0.0435. The van der Waals surface area contributed by atoms with Gasteiger partial charge in [-0.3, -0.25) is 4.79 Å². The van der Waals surface area contributed by atoms with E-state index in [-0.39, 0.29) is 16.2 Å². The third kappa shape index (κ3) is 6.45. The van der Waals surface area contributed by atoms with E-state index in [9.17, 15) is 18.5 Å². The van der Waals surface area contributed by atoms with Crippen LogP contribution in [0.4, 0.5) is 5.69 Å². The summed E-state index contributed by atoms with van der Waals surface area (Å²) in [6.45, 7) is 1.89. The number of carbonyl (C=O) groups excluding carboxylic acids is 1. The molecule has 0 spiro atoms. The van der Waals surface area contributed by atoms with E-state index >= 15 is 0 Å². The largest absolute Gasteiger partial charge is 0.377 e. The molecule has 0 aliphatic rings. The van der Waals surface area contributed by atoms with Crippen molar-refractivity contribution in [3.63, 3.8) is 0 Å². The molecule has 0 aliphatic heterocycles. The average Bonchev–Trinajstić information content (AvgIpc) is 2.75. The minimum Gasteiger partial charge on any atom is -0.377 e. The number of nitrogens with one attached hydrogen (secondary N) is 1. The molecule has 0 saturated heterocycles. The number of hydrogen-bond donors (Lipinski definition) is 1. The molecule has 33 heavy (non-hydrogen) atoms. The third-order valence-electron chi connectivity index (χ3n) is 4.27. The van der Waals surface area contributed by atoms with Crippen LogP contribution in [0, 0.1) is 18.3 Å². The molecule has 0 heterocycles. The first-order valence-electron chi connectivity index (χ1n) is 9.28. The molecule has 1 amide bonds. The number of aryl methyl sites for hydroxylation is 1. The first-order valence-corrected chi connectivity index (χ1v) is 12.6. The predicted molar refractivity (Wildman–Crippen MR) is 135 cm³/mol. The molecule has 0 atom stereocenters. The van der Waals surface area contributed by atoms with E-state index in [1.54, 1.807) is 18.2 Å². The highest BCUT2D eigenvalue weighted by molar-refractivity contribution is 9.11. The molecule has 0 aliphatic carbocycles. The van der Waals surface area contributed by atoms with Gasteiger partial charge in [-0.2, -0.15) is 13.7 Å². The Balaban J connectivity index is 1.86. The van der Waals surface area contributed by atoms with Crippen LogP contribution in [0.5, 0.6) is 5.75 Å². The molecule has 0 unspecified atom stereocenters. The smallest absolute Gasteiger partial charge is 0.339 e. The van der Waals surface area contributed by atoms with E-state index in [2.05, 4.69) is 37.2 Å². The van der Waals surface area contributed by atoms with Crippen LogP contribution in [-0.2, 0) is 14.9 Å². The van der Waals surface area contributed by atoms with Crippen LogP contribution in [0.2, 0.25) is 5.02 Å². The number of carbonyl (C=O) groups is 1. The van der Waals surface area contributed by atoms with Crippen LogP contribution in [-0.4, -0.2) is 14.3 Å². The van der Waals surface area contributed by atoms with Gasteiger partial charge in [0.15, 0.2) is 5.75 Å². The van der Waals surface area contributed by atoms with E-state index in [4.69, 9.17) is 15.8 Å². The minimum atomic E-state index is -4.12. The highest BCUT2D eigenvalue weighted by Gasteiger charge is 2.21. The Labute approximate surface area is 213 Å². The molecule has 168 valence electrons. The van der Waals surface area contributed by atoms with Crippen LogP contribution < -0.4 is 9.50 Å². The van der Waals surface area contributed by atoms with Gasteiger partial charge in [0.05, 0.1) is 8.95 Å². The summed E-state index contributed by atoms with van der Waals surface area (Å²) in [5, 5.41) is 12.5. The molecule has 0 fully saturated rings. The van der Waals surface area contributed by atoms with Gasteiger partial charge < -0.3 is 9.50 Å². The molecule has 10 heteroatoms. The lowest BCUT2D eigenvalue weighted by Gasteiger charge is -2.12. The minimum absolute atomic E-state index is 0.0184.